The molecule has 4 rings (SSSR count). The Hall–Kier alpha value is -4.22. The van der Waals surface area contributed by atoms with E-state index >= 15 is 0 Å². The minimum absolute atomic E-state index is 0.0435. The molecule has 1 aromatic carbocycles. The SMILES string of the molecule is CCCCc1nc(C(=O)CCC)nn1Cc1ccc(-n2ccc([N+](=O)[O-])c2-c2nnn[nH]2)cc1. The molecule has 12 nitrogen and oxygen atoms in total. The first-order valence-corrected chi connectivity index (χ1v) is 11.2. The lowest BCUT2D eigenvalue weighted by Crippen LogP contribution is -2.08. The van der Waals surface area contributed by atoms with Crippen molar-refractivity contribution in [1.29, 1.82) is 0 Å². The predicted octanol–water partition coefficient (Wildman–Crippen LogP) is 3.53. The number of tetrazole rings is 1. The smallest absolute Gasteiger partial charge is 0.298 e. The Balaban J connectivity index is 1.61. The topological polar surface area (TPSA) is 150 Å². The van der Waals surface area contributed by atoms with E-state index < -0.39 is 4.92 Å². The highest BCUT2D eigenvalue weighted by molar-refractivity contribution is 5.92. The summed E-state index contributed by atoms with van der Waals surface area (Å²) in [5.41, 5.74) is 1.84. The summed E-state index contributed by atoms with van der Waals surface area (Å²) in [5.74, 6) is 1.23. The van der Waals surface area contributed by atoms with Crippen molar-refractivity contribution in [3.63, 3.8) is 0 Å². The summed E-state index contributed by atoms with van der Waals surface area (Å²) in [6, 6.07) is 8.97. The van der Waals surface area contributed by atoms with Gasteiger partial charge < -0.3 is 4.57 Å². The molecule has 0 saturated carbocycles. The molecular formula is C22H25N9O3. The Morgan fingerprint density at radius 3 is 2.59 bits per heavy atom. The average molecular weight is 464 g/mol. The number of H-pyrrole nitrogens is 1. The van der Waals surface area contributed by atoms with Gasteiger partial charge in [0.15, 0.2) is 5.69 Å². The number of hydrogen-bond donors (Lipinski definition) is 1. The number of aromatic amines is 1. The van der Waals surface area contributed by atoms with Gasteiger partial charge in [-0.15, -0.1) is 10.2 Å². The maximum absolute atomic E-state index is 12.3. The summed E-state index contributed by atoms with van der Waals surface area (Å²) in [7, 11) is 0. The molecule has 0 bridgehead atoms. The van der Waals surface area contributed by atoms with Crippen LogP contribution in [-0.4, -0.2) is 50.7 Å². The zero-order chi connectivity index (χ0) is 24.1. The van der Waals surface area contributed by atoms with Gasteiger partial charge in [-0.25, -0.2) is 14.8 Å². The lowest BCUT2D eigenvalue weighted by Gasteiger charge is -2.09. The van der Waals surface area contributed by atoms with Crippen LogP contribution >= 0.6 is 0 Å². The molecule has 0 unspecified atom stereocenters. The number of carbonyl (C=O) groups is 1. The Labute approximate surface area is 195 Å². The van der Waals surface area contributed by atoms with Crippen LogP contribution in [0.5, 0.6) is 0 Å². The van der Waals surface area contributed by atoms with Crippen molar-refractivity contribution >= 4 is 11.5 Å². The van der Waals surface area contributed by atoms with E-state index in [1.807, 2.05) is 31.2 Å². The predicted molar refractivity (Wildman–Crippen MR) is 123 cm³/mol. The molecule has 0 aliphatic heterocycles. The average Bonchev–Trinajstić information content (AvgIpc) is 3.58. The summed E-state index contributed by atoms with van der Waals surface area (Å²) in [4.78, 5) is 27.8. The highest BCUT2D eigenvalue weighted by atomic mass is 16.6. The summed E-state index contributed by atoms with van der Waals surface area (Å²) < 4.78 is 3.45. The van der Waals surface area contributed by atoms with Crippen LogP contribution in [0.25, 0.3) is 17.2 Å². The van der Waals surface area contributed by atoms with Gasteiger partial charge in [0.25, 0.3) is 5.69 Å². The van der Waals surface area contributed by atoms with Crippen molar-refractivity contribution < 1.29 is 9.72 Å². The molecule has 4 aromatic rings. The third-order valence-electron chi connectivity index (χ3n) is 5.41. The van der Waals surface area contributed by atoms with Gasteiger partial charge >= 0.3 is 0 Å². The summed E-state index contributed by atoms with van der Waals surface area (Å²) in [5, 5.41) is 29.5. The van der Waals surface area contributed by atoms with Crippen LogP contribution in [0, 0.1) is 10.1 Å². The maximum atomic E-state index is 12.3. The number of Topliss-reactive ketones (excluding diaryl/α,β-unsaturated/α-hetero) is 1. The van der Waals surface area contributed by atoms with E-state index in [0.717, 1.165) is 37.1 Å². The molecule has 0 radical (unpaired) electrons. The van der Waals surface area contributed by atoms with E-state index in [1.54, 1.807) is 15.4 Å². The number of nitrogens with zero attached hydrogens (tertiary/aromatic N) is 8. The number of nitro groups is 1. The monoisotopic (exact) mass is 463 g/mol. The highest BCUT2D eigenvalue weighted by Crippen LogP contribution is 2.31. The van der Waals surface area contributed by atoms with Crippen molar-refractivity contribution in [3.05, 3.63) is 63.9 Å². The first-order chi connectivity index (χ1) is 16.5. The lowest BCUT2D eigenvalue weighted by molar-refractivity contribution is -0.384. The zero-order valence-electron chi connectivity index (χ0n) is 19.0. The molecule has 0 saturated heterocycles. The molecule has 3 heterocycles. The van der Waals surface area contributed by atoms with Crippen LogP contribution < -0.4 is 0 Å². The van der Waals surface area contributed by atoms with Crippen LogP contribution in [0.1, 0.15) is 61.5 Å². The van der Waals surface area contributed by atoms with E-state index in [0.29, 0.717) is 18.7 Å². The summed E-state index contributed by atoms with van der Waals surface area (Å²) in [6.07, 6.45) is 5.52. The minimum atomic E-state index is -0.470. The number of benzene rings is 1. The molecule has 12 heteroatoms. The highest BCUT2D eigenvalue weighted by Gasteiger charge is 2.24. The molecule has 0 aliphatic carbocycles. The molecule has 0 fully saturated rings. The molecule has 176 valence electrons. The molecule has 0 aliphatic rings. The second-order valence-electron chi connectivity index (χ2n) is 7.88. The Bertz CT molecular complexity index is 1270. The van der Waals surface area contributed by atoms with Crippen LogP contribution in [0.3, 0.4) is 0 Å². The van der Waals surface area contributed by atoms with Gasteiger partial charge in [0, 0.05) is 30.8 Å². The second kappa shape index (κ2) is 10.1. The third kappa shape index (κ3) is 4.75. The molecule has 1 N–H and O–H groups in total. The van der Waals surface area contributed by atoms with Crippen molar-refractivity contribution in [2.24, 2.45) is 0 Å². The quantitative estimate of drug-likeness (QED) is 0.201. The normalized spacial score (nSPS) is 11.1. The van der Waals surface area contributed by atoms with Crippen molar-refractivity contribution in [3.8, 4) is 17.2 Å². The van der Waals surface area contributed by atoms with Crippen LogP contribution in [0.2, 0.25) is 0 Å². The Kier molecular flexibility index (Phi) is 6.85. The van der Waals surface area contributed by atoms with E-state index in [1.165, 1.54) is 6.07 Å². The standard InChI is InChI=1S/C22H25N9O3/c1-3-5-7-19-23-21(18(32)6-4-2)26-30(19)14-15-8-10-16(11-9-15)29-13-12-17(31(33)34)20(29)22-24-27-28-25-22/h8-13H,3-7,14H2,1-2H3,(H,24,25,27,28). The van der Waals surface area contributed by atoms with Gasteiger partial charge in [-0.2, -0.15) is 0 Å². The fourth-order valence-corrected chi connectivity index (χ4v) is 3.69. The number of rotatable bonds is 11. The van der Waals surface area contributed by atoms with Gasteiger partial charge in [0.2, 0.25) is 17.4 Å². The minimum Gasteiger partial charge on any atom is -0.308 e. The van der Waals surface area contributed by atoms with Crippen molar-refractivity contribution in [1.82, 2.24) is 40.0 Å². The number of aromatic nitrogens is 8. The van der Waals surface area contributed by atoms with E-state index in [2.05, 4.69) is 37.6 Å². The van der Waals surface area contributed by atoms with Gasteiger partial charge in [-0.05, 0) is 41.0 Å². The Morgan fingerprint density at radius 1 is 1.15 bits per heavy atom. The summed E-state index contributed by atoms with van der Waals surface area (Å²) >= 11 is 0. The first-order valence-electron chi connectivity index (χ1n) is 11.2. The largest absolute Gasteiger partial charge is 0.308 e. The van der Waals surface area contributed by atoms with Crippen LogP contribution in [0.4, 0.5) is 5.69 Å². The number of ketones is 1. The Morgan fingerprint density at radius 2 is 1.94 bits per heavy atom. The third-order valence-corrected chi connectivity index (χ3v) is 5.41. The van der Waals surface area contributed by atoms with Gasteiger partial charge in [0.1, 0.15) is 5.82 Å². The van der Waals surface area contributed by atoms with Gasteiger partial charge in [-0.3, -0.25) is 14.9 Å². The molecule has 3 aromatic heterocycles. The van der Waals surface area contributed by atoms with Crippen molar-refractivity contribution in [2.45, 2.75) is 52.5 Å². The number of nitrogens with one attached hydrogen (secondary N) is 1. The number of unbranched alkanes of at least 4 members (excludes halogenated alkanes) is 1. The van der Waals surface area contributed by atoms with Crippen LogP contribution in [0.15, 0.2) is 36.5 Å². The van der Waals surface area contributed by atoms with E-state index in [-0.39, 0.29) is 28.8 Å². The fourth-order valence-electron chi connectivity index (χ4n) is 3.69. The molecular weight excluding hydrogens is 438 g/mol. The lowest BCUT2D eigenvalue weighted by atomic mass is 10.2. The van der Waals surface area contributed by atoms with Crippen LogP contribution in [-0.2, 0) is 13.0 Å². The zero-order valence-corrected chi connectivity index (χ0v) is 19.0. The molecule has 34 heavy (non-hydrogen) atoms. The fraction of sp³-hybridized carbons (Fsp3) is 0.364. The summed E-state index contributed by atoms with van der Waals surface area (Å²) in [6.45, 7) is 4.53. The second-order valence-corrected chi connectivity index (χ2v) is 7.88. The maximum Gasteiger partial charge on any atom is 0.298 e. The van der Waals surface area contributed by atoms with E-state index in [4.69, 9.17) is 0 Å². The van der Waals surface area contributed by atoms with Gasteiger partial charge in [0.05, 0.1) is 11.5 Å². The van der Waals surface area contributed by atoms with E-state index in [9.17, 15) is 14.9 Å². The van der Waals surface area contributed by atoms with Crippen molar-refractivity contribution in [2.75, 3.05) is 0 Å². The molecule has 0 amide bonds. The number of carbonyl (C=O) groups excluding carboxylic acids is 1. The molecule has 0 atom stereocenters. The number of aryl methyl sites for hydroxylation is 1. The first kappa shape index (κ1) is 23.0. The molecule has 0 spiro atoms. The van der Waals surface area contributed by atoms with Gasteiger partial charge in [-0.1, -0.05) is 32.4 Å². The number of hydrogen-bond acceptors (Lipinski definition) is 8.